The Labute approximate surface area is 150 Å². The van der Waals surface area contributed by atoms with Crippen molar-refractivity contribution in [3.63, 3.8) is 0 Å². The van der Waals surface area contributed by atoms with Crippen LogP contribution in [0.1, 0.15) is 28.4 Å². The molecule has 6 heteroatoms. The van der Waals surface area contributed by atoms with Gasteiger partial charge in [0.25, 0.3) is 0 Å². The second kappa shape index (κ2) is 8.71. The molecular formula is C20H18FNO4. The maximum Gasteiger partial charge on any atom is 0.331 e. The number of nitrogens with one attached hydrogen (secondary N) is 1. The SMILES string of the molecule is CC(=O)Nc1ccc(C(=O)COC(=O)/C=C/c2cccc(C)c2)c(F)c1. The number of ether oxygens (including phenoxy) is 1. The lowest BCUT2D eigenvalue weighted by Gasteiger charge is -2.06. The van der Waals surface area contributed by atoms with Gasteiger partial charge in [-0.1, -0.05) is 29.8 Å². The maximum atomic E-state index is 14.0. The molecule has 1 N–H and O–H groups in total. The van der Waals surface area contributed by atoms with E-state index in [1.54, 1.807) is 6.08 Å². The molecule has 0 radical (unpaired) electrons. The van der Waals surface area contributed by atoms with Gasteiger partial charge in [-0.15, -0.1) is 0 Å². The quantitative estimate of drug-likeness (QED) is 0.489. The number of benzene rings is 2. The Morgan fingerprint density at radius 2 is 1.92 bits per heavy atom. The first-order chi connectivity index (χ1) is 12.3. The second-order valence-electron chi connectivity index (χ2n) is 5.65. The van der Waals surface area contributed by atoms with E-state index in [1.807, 2.05) is 31.2 Å². The van der Waals surface area contributed by atoms with Gasteiger partial charge in [0.15, 0.2) is 6.61 Å². The molecule has 0 saturated carbocycles. The Bertz CT molecular complexity index is 874. The highest BCUT2D eigenvalue weighted by Crippen LogP contribution is 2.15. The van der Waals surface area contributed by atoms with E-state index in [2.05, 4.69) is 5.32 Å². The maximum absolute atomic E-state index is 14.0. The van der Waals surface area contributed by atoms with Gasteiger partial charge in [0, 0.05) is 18.7 Å². The lowest BCUT2D eigenvalue weighted by molar-refractivity contribution is -0.136. The Balaban J connectivity index is 1.93. The summed E-state index contributed by atoms with van der Waals surface area (Å²) in [4.78, 5) is 34.6. The van der Waals surface area contributed by atoms with Gasteiger partial charge < -0.3 is 10.1 Å². The summed E-state index contributed by atoms with van der Waals surface area (Å²) < 4.78 is 18.8. The van der Waals surface area contributed by atoms with Gasteiger partial charge in [0.2, 0.25) is 11.7 Å². The minimum absolute atomic E-state index is 0.213. The van der Waals surface area contributed by atoms with Crippen molar-refractivity contribution in [1.82, 2.24) is 0 Å². The van der Waals surface area contributed by atoms with Crippen molar-refractivity contribution >= 4 is 29.4 Å². The van der Waals surface area contributed by atoms with Gasteiger partial charge in [-0.25, -0.2) is 9.18 Å². The van der Waals surface area contributed by atoms with Crippen LogP contribution in [0.3, 0.4) is 0 Å². The summed E-state index contributed by atoms with van der Waals surface area (Å²) in [7, 11) is 0. The number of carbonyl (C=O) groups excluding carboxylic acids is 3. The van der Waals surface area contributed by atoms with Crippen molar-refractivity contribution in [1.29, 1.82) is 0 Å². The van der Waals surface area contributed by atoms with E-state index >= 15 is 0 Å². The van der Waals surface area contributed by atoms with Crippen LogP contribution in [0.2, 0.25) is 0 Å². The molecule has 0 heterocycles. The molecule has 0 unspecified atom stereocenters. The average molecular weight is 355 g/mol. The third kappa shape index (κ3) is 5.66. The highest BCUT2D eigenvalue weighted by molar-refractivity contribution is 5.99. The van der Waals surface area contributed by atoms with Gasteiger partial charge in [-0.05, 0) is 36.8 Å². The minimum atomic E-state index is -0.799. The van der Waals surface area contributed by atoms with Crippen molar-refractivity contribution in [3.8, 4) is 0 Å². The number of hydrogen-bond acceptors (Lipinski definition) is 4. The summed E-state index contributed by atoms with van der Waals surface area (Å²) >= 11 is 0. The Morgan fingerprint density at radius 3 is 2.58 bits per heavy atom. The molecule has 0 aromatic heterocycles. The molecular weight excluding hydrogens is 337 g/mol. The molecule has 26 heavy (non-hydrogen) atoms. The number of aryl methyl sites for hydroxylation is 1. The fourth-order valence-corrected chi connectivity index (χ4v) is 2.22. The fraction of sp³-hybridized carbons (Fsp3) is 0.150. The van der Waals surface area contributed by atoms with Crippen LogP contribution >= 0.6 is 0 Å². The molecule has 2 aromatic rings. The predicted molar refractivity (Wildman–Crippen MR) is 96.2 cm³/mol. The number of carbonyl (C=O) groups is 3. The molecule has 5 nitrogen and oxygen atoms in total. The molecule has 0 spiro atoms. The normalized spacial score (nSPS) is 10.6. The Hall–Kier alpha value is -3.28. The number of hydrogen-bond donors (Lipinski definition) is 1. The average Bonchev–Trinajstić information content (AvgIpc) is 2.57. The van der Waals surface area contributed by atoms with Gasteiger partial charge in [0.05, 0.1) is 5.56 Å². The van der Waals surface area contributed by atoms with E-state index in [-0.39, 0.29) is 17.2 Å². The molecule has 0 bridgehead atoms. The van der Waals surface area contributed by atoms with Crippen LogP contribution in [0.4, 0.5) is 10.1 Å². The summed E-state index contributed by atoms with van der Waals surface area (Å²) in [5, 5.41) is 2.41. The minimum Gasteiger partial charge on any atom is -0.454 e. The number of ketones is 1. The molecule has 0 saturated heterocycles. The smallest absolute Gasteiger partial charge is 0.331 e. The number of anilines is 1. The second-order valence-corrected chi connectivity index (χ2v) is 5.65. The summed E-state index contributed by atoms with van der Waals surface area (Å²) in [6.07, 6.45) is 2.78. The molecule has 0 aliphatic heterocycles. The molecule has 1 amide bonds. The molecule has 0 aliphatic carbocycles. The Kier molecular flexibility index (Phi) is 6.38. The van der Waals surface area contributed by atoms with E-state index in [0.717, 1.165) is 17.2 Å². The van der Waals surface area contributed by atoms with Crippen molar-refractivity contribution in [2.45, 2.75) is 13.8 Å². The number of Topliss-reactive ketones (excluding diaryl/α,β-unsaturated/α-hetero) is 1. The Morgan fingerprint density at radius 1 is 1.15 bits per heavy atom. The summed E-state index contributed by atoms with van der Waals surface area (Å²) in [5.74, 6) is -2.52. The van der Waals surface area contributed by atoms with Gasteiger partial charge >= 0.3 is 5.97 Å². The molecule has 2 aromatic carbocycles. The van der Waals surface area contributed by atoms with Crippen molar-refractivity contribution in [2.24, 2.45) is 0 Å². The lowest BCUT2D eigenvalue weighted by Crippen LogP contribution is -2.14. The summed E-state index contributed by atoms with van der Waals surface area (Å²) in [5.41, 5.74) is 1.90. The molecule has 134 valence electrons. The van der Waals surface area contributed by atoms with Crippen LogP contribution in [-0.2, 0) is 14.3 Å². The summed E-state index contributed by atoms with van der Waals surface area (Å²) in [6.45, 7) is 2.65. The highest BCUT2D eigenvalue weighted by atomic mass is 19.1. The van der Waals surface area contributed by atoms with Crippen LogP contribution in [0, 0.1) is 12.7 Å². The van der Waals surface area contributed by atoms with Crippen LogP contribution < -0.4 is 5.32 Å². The van der Waals surface area contributed by atoms with Crippen molar-refractivity contribution in [2.75, 3.05) is 11.9 Å². The first kappa shape index (κ1) is 19.1. The highest BCUT2D eigenvalue weighted by Gasteiger charge is 2.14. The molecule has 0 fully saturated rings. The standard InChI is InChI=1S/C20H18FNO4/c1-13-4-3-5-15(10-13)6-9-20(25)26-12-19(24)17-8-7-16(11-18(17)21)22-14(2)23/h3-11H,12H2,1-2H3,(H,22,23)/b9-6+. The zero-order valence-corrected chi connectivity index (χ0v) is 14.4. The fourth-order valence-electron chi connectivity index (χ4n) is 2.22. The largest absolute Gasteiger partial charge is 0.454 e. The van der Waals surface area contributed by atoms with Gasteiger partial charge in [-0.3, -0.25) is 9.59 Å². The monoisotopic (exact) mass is 355 g/mol. The van der Waals surface area contributed by atoms with Crippen molar-refractivity contribution < 1.29 is 23.5 Å². The molecule has 0 atom stereocenters. The van der Waals surface area contributed by atoms with Crippen LogP contribution in [0.15, 0.2) is 48.5 Å². The van der Waals surface area contributed by atoms with Gasteiger partial charge in [-0.2, -0.15) is 0 Å². The van der Waals surface area contributed by atoms with E-state index in [0.29, 0.717) is 0 Å². The van der Waals surface area contributed by atoms with E-state index in [4.69, 9.17) is 4.74 Å². The lowest BCUT2D eigenvalue weighted by atomic mass is 10.1. The summed E-state index contributed by atoms with van der Waals surface area (Å²) in [6, 6.07) is 11.2. The number of rotatable bonds is 6. The van der Waals surface area contributed by atoms with Crippen LogP contribution in [0.25, 0.3) is 6.08 Å². The van der Waals surface area contributed by atoms with Gasteiger partial charge in [0.1, 0.15) is 5.82 Å². The number of amides is 1. The van der Waals surface area contributed by atoms with E-state index < -0.39 is 24.2 Å². The van der Waals surface area contributed by atoms with Crippen molar-refractivity contribution in [3.05, 3.63) is 71.0 Å². The zero-order valence-electron chi connectivity index (χ0n) is 14.4. The first-order valence-electron chi connectivity index (χ1n) is 7.87. The third-order valence-electron chi connectivity index (χ3n) is 3.39. The topological polar surface area (TPSA) is 72.5 Å². The van der Waals surface area contributed by atoms with Crippen LogP contribution in [-0.4, -0.2) is 24.3 Å². The third-order valence-corrected chi connectivity index (χ3v) is 3.39. The molecule has 0 aliphatic rings. The molecule has 2 rings (SSSR count). The van der Waals surface area contributed by atoms with Crippen LogP contribution in [0.5, 0.6) is 0 Å². The predicted octanol–water partition coefficient (Wildman–Crippen LogP) is 3.53. The number of halogens is 1. The first-order valence-corrected chi connectivity index (χ1v) is 7.87. The number of esters is 1. The van der Waals surface area contributed by atoms with E-state index in [9.17, 15) is 18.8 Å². The van der Waals surface area contributed by atoms with E-state index in [1.165, 1.54) is 25.1 Å². The zero-order chi connectivity index (χ0) is 19.1.